The maximum absolute atomic E-state index is 15.0. The molecule has 0 atom stereocenters. The van der Waals surface area contributed by atoms with Crippen LogP contribution in [-0.4, -0.2) is 39.5 Å². The van der Waals surface area contributed by atoms with E-state index in [1.165, 1.54) is 18.2 Å². The van der Waals surface area contributed by atoms with Crippen molar-refractivity contribution in [2.75, 3.05) is 10.5 Å². The SMILES string of the molecule is CCCS(=O)(=O)Nc1ccc(F)c(C(=O)c2ccc3ncc(-n4cncc4C)nc3c2)c1F. The first-order valence-corrected chi connectivity index (χ1v) is 11.6. The van der Waals surface area contributed by atoms with Gasteiger partial charge in [0.1, 0.15) is 12.1 Å². The lowest BCUT2D eigenvalue weighted by Gasteiger charge is -2.12. The van der Waals surface area contributed by atoms with Crippen molar-refractivity contribution in [3.63, 3.8) is 0 Å². The quantitative estimate of drug-likeness (QED) is 0.411. The average molecular weight is 471 g/mol. The average Bonchev–Trinajstić information content (AvgIpc) is 3.20. The smallest absolute Gasteiger partial charge is 0.232 e. The summed E-state index contributed by atoms with van der Waals surface area (Å²) in [6.45, 7) is 3.49. The minimum absolute atomic E-state index is 0.0253. The van der Waals surface area contributed by atoms with Crippen molar-refractivity contribution in [2.24, 2.45) is 0 Å². The highest BCUT2D eigenvalue weighted by atomic mass is 32.2. The molecule has 0 aliphatic carbocycles. The number of rotatable bonds is 7. The number of hydrogen-bond donors (Lipinski definition) is 1. The number of benzene rings is 2. The highest BCUT2D eigenvalue weighted by Crippen LogP contribution is 2.26. The fraction of sp³-hybridized carbons (Fsp3) is 0.182. The molecule has 2 aromatic heterocycles. The van der Waals surface area contributed by atoms with E-state index in [0.717, 1.165) is 17.8 Å². The monoisotopic (exact) mass is 471 g/mol. The van der Waals surface area contributed by atoms with Crippen LogP contribution in [0, 0.1) is 18.6 Å². The van der Waals surface area contributed by atoms with Crippen LogP contribution in [0.2, 0.25) is 0 Å². The highest BCUT2D eigenvalue weighted by Gasteiger charge is 2.24. The number of hydrogen-bond acceptors (Lipinski definition) is 6. The molecule has 0 aliphatic rings. The normalized spacial score (nSPS) is 11.6. The van der Waals surface area contributed by atoms with Crippen LogP contribution in [0.5, 0.6) is 0 Å². The van der Waals surface area contributed by atoms with Gasteiger partial charge in [0.05, 0.1) is 34.2 Å². The first kappa shape index (κ1) is 22.5. The molecule has 170 valence electrons. The summed E-state index contributed by atoms with van der Waals surface area (Å²) in [6, 6.07) is 6.08. The van der Waals surface area contributed by atoms with Crippen LogP contribution in [0.1, 0.15) is 35.0 Å². The van der Waals surface area contributed by atoms with E-state index in [-0.39, 0.29) is 11.3 Å². The molecule has 0 unspecified atom stereocenters. The van der Waals surface area contributed by atoms with E-state index in [4.69, 9.17) is 0 Å². The van der Waals surface area contributed by atoms with E-state index in [1.807, 2.05) is 6.92 Å². The van der Waals surface area contributed by atoms with Gasteiger partial charge >= 0.3 is 0 Å². The largest absolute Gasteiger partial charge is 0.288 e. The van der Waals surface area contributed by atoms with E-state index in [2.05, 4.69) is 19.7 Å². The van der Waals surface area contributed by atoms with Crippen LogP contribution < -0.4 is 4.72 Å². The van der Waals surface area contributed by atoms with Crippen LogP contribution in [-0.2, 0) is 10.0 Å². The number of anilines is 1. The number of aryl methyl sites for hydroxylation is 1. The van der Waals surface area contributed by atoms with E-state index < -0.39 is 38.7 Å². The first-order valence-electron chi connectivity index (χ1n) is 9.99. The Kier molecular flexibility index (Phi) is 5.90. The molecule has 4 rings (SSSR count). The molecule has 0 spiro atoms. The second-order valence-corrected chi connectivity index (χ2v) is 9.21. The predicted octanol–water partition coefficient (Wildman–Crippen LogP) is 3.78. The molecule has 0 bridgehead atoms. The Bertz CT molecular complexity index is 1480. The van der Waals surface area contributed by atoms with Crippen LogP contribution in [0.15, 0.2) is 49.1 Å². The summed E-state index contributed by atoms with van der Waals surface area (Å²) >= 11 is 0. The van der Waals surface area contributed by atoms with Gasteiger partial charge in [-0.25, -0.2) is 27.2 Å². The van der Waals surface area contributed by atoms with Gasteiger partial charge in [-0.1, -0.05) is 6.92 Å². The zero-order valence-corrected chi connectivity index (χ0v) is 18.5. The molecule has 33 heavy (non-hydrogen) atoms. The molecule has 0 saturated carbocycles. The summed E-state index contributed by atoms with van der Waals surface area (Å²) in [6.07, 6.45) is 5.07. The molecule has 11 heteroatoms. The van der Waals surface area contributed by atoms with E-state index >= 15 is 4.39 Å². The maximum atomic E-state index is 15.0. The molecule has 2 aromatic carbocycles. The van der Waals surface area contributed by atoms with Crippen molar-refractivity contribution in [2.45, 2.75) is 20.3 Å². The number of carbonyl (C=O) groups excluding carboxylic acids is 1. The van der Waals surface area contributed by atoms with Crippen LogP contribution in [0.3, 0.4) is 0 Å². The van der Waals surface area contributed by atoms with Gasteiger partial charge in [-0.2, -0.15) is 0 Å². The van der Waals surface area contributed by atoms with Gasteiger partial charge < -0.3 is 0 Å². The third kappa shape index (κ3) is 4.44. The Balaban J connectivity index is 1.75. The van der Waals surface area contributed by atoms with Gasteiger partial charge in [0.2, 0.25) is 10.0 Å². The van der Waals surface area contributed by atoms with Gasteiger partial charge in [0.25, 0.3) is 0 Å². The topological polar surface area (TPSA) is 107 Å². The van der Waals surface area contributed by atoms with Crippen LogP contribution >= 0.6 is 0 Å². The van der Waals surface area contributed by atoms with Crippen molar-refractivity contribution in [1.82, 2.24) is 19.5 Å². The molecular weight excluding hydrogens is 452 g/mol. The van der Waals surface area contributed by atoms with E-state index in [0.29, 0.717) is 23.3 Å². The maximum Gasteiger partial charge on any atom is 0.232 e. The molecule has 1 N–H and O–H groups in total. The van der Waals surface area contributed by atoms with Crippen molar-refractivity contribution in [3.8, 4) is 5.82 Å². The predicted molar refractivity (Wildman–Crippen MR) is 119 cm³/mol. The van der Waals surface area contributed by atoms with E-state index in [1.54, 1.807) is 30.2 Å². The van der Waals surface area contributed by atoms with Crippen molar-refractivity contribution in [1.29, 1.82) is 0 Å². The number of fused-ring (bicyclic) bond motifs is 1. The minimum atomic E-state index is -3.84. The number of imidazole rings is 1. The third-order valence-electron chi connectivity index (χ3n) is 4.92. The number of aromatic nitrogens is 4. The number of ketones is 1. The summed E-state index contributed by atoms with van der Waals surface area (Å²) in [5, 5.41) is 0. The van der Waals surface area contributed by atoms with Gasteiger partial charge in [-0.15, -0.1) is 0 Å². The number of nitrogens with one attached hydrogen (secondary N) is 1. The van der Waals surface area contributed by atoms with Crippen molar-refractivity contribution in [3.05, 3.63) is 77.5 Å². The molecule has 0 aliphatic heterocycles. The highest BCUT2D eigenvalue weighted by molar-refractivity contribution is 7.92. The summed E-state index contributed by atoms with van der Waals surface area (Å²) in [7, 11) is -3.84. The van der Waals surface area contributed by atoms with Crippen molar-refractivity contribution < 1.29 is 22.0 Å². The molecule has 8 nitrogen and oxygen atoms in total. The Morgan fingerprint density at radius 3 is 2.61 bits per heavy atom. The number of nitrogens with zero attached hydrogens (tertiary/aromatic N) is 4. The van der Waals surface area contributed by atoms with Gasteiger partial charge in [-0.05, 0) is 43.7 Å². The van der Waals surface area contributed by atoms with Crippen LogP contribution in [0.25, 0.3) is 16.9 Å². The Hall–Kier alpha value is -3.73. The molecule has 2 heterocycles. The summed E-state index contributed by atoms with van der Waals surface area (Å²) in [5.74, 6) is -3.12. The minimum Gasteiger partial charge on any atom is -0.288 e. The van der Waals surface area contributed by atoms with Gasteiger partial charge in [0.15, 0.2) is 17.4 Å². The molecule has 0 fully saturated rings. The molecule has 4 aromatic rings. The standard InChI is InChI=1S/C22H19F2N5O3S/c1-3-8-33(31,32)28-17-7-5-15(23)20(21(17)24)22(30)14-4-6-16-18(9-14)27-19(11-26-16)29-12-25-10-13(29)2/h4-7,9-12,28H,3,8H2,1-2H3. The molecule has 0 saturated heterocycles. The Morgan fingerprint density at radius 1 is 1.12 bits per heavy atom. The van der Waals surface area contributed by atoms with Gasteiger partial charge in [-0.3, -0.25) is 19.1 Å². The Morgan fingerprint density at radius 2 is 1.91 bits per heavy atom. The van der Waals surface area contributed by atoms with Gasteiger partial charge in [0, 0.05) is 17.5 Å². The molecule has 0 amide bonds. The zero-order valence-electron chi connectivity index (χ0n) is 17.7. The summed E-state index contributed by atoms with van der Waals surface area (Å²) in [4.78, 5) is 25.8. The first-order chi connectivity index (χ1) is 15.7. The zero-order chi connectivity index (χ0) is 23.8. The second-order valence-electron chi connectivity index (χ2n) is 7.37. The lowest BCUT2D eigenvalue weighted by molar-refractivity contribution is 0.103. The number of carbonyl (C=O) groups is 1. The summed E-state index contributed by atoms with van der Waals surface area (Å²) in [5.41, 5.74) is 0.263. The fourth-order valence-electron chi connectivity index (χ4n) is 3.33. The lowest BCUT2D eigenvalue weighted by Crippen LogP contribution is -2.18. The molecule has 0 radical (unpaired) electrons. The van der Waals surface area contributed by atoms with Crippen LogP contribution in [0.4, 0.5) is 14.5 Å². The third-order valence-corrected chi connectivity index (χ3v) is 6.40. The fourth-order valence-corrected chi connectivity index (χ4v) is 4.46. The molecular formula is C22H19F2N5O3S. The van der Waals surface area contributed by atoms with Crippen molar-refractivity contribution >= 4 is 32.5 Å². The lowest BCUT2D eigenvalue weighted by atomic mass is 10.0. The number of halogens is 2. The summed E-state index contributed by atoms with van der Waals surface area (Å²) < 4.78 is 57.3. The number of sulfonamides is 1. The Labute approximate surface area is 188 Å². The second kappa shape index (κ2) is 8.66. The van der Waals surface area contributed by atoms with E-state index in [9.17, 15) is 17.6 Å².